The van der Waals surface area contributed by atoms with E-state index < -0.39 is 0 Å². The highest BCUT2D eigenvalue weighted by molar-refractivity contribution is 7.25. The van der Waals surface area contributed by atoms with Gasteiger partial charge >= 0.3 is 0 Å². The van der Waals surface area contributed by atoms with Gasteiger partial charge in [0.15, 0.2) is 11.6 Å². The number of benzene rings is 10. The van der Waals surface area contributed by atoms with Crippen LogP contribution in [0.15, 0.2) is 215 Å². The van der Waals surface area contributed by atoms with Crippen molar-refractivity contribution in [2.45, 2.75) is 0 Å². The number of rotatable bonds is 6. The maximum Gasteiger partial charge on any atom is 0.161 e. The number of anilines is 6. The molecule has 0 bridgehead atoms. The third-order valence-corrected chi connectivity index (χ3v) is 14.5. The number of hydrogen-bond acceptors (Lipinski definition) is 9. The van der Waals surface area contributed by atoms with Gasteiger partial charge in [0.25, 0.3) is 0 Å². The zero-order valence-electron chi connectivity index (χ0n) is 36.5. The lowest BCUT2D eigenvalue weighted by Crippen LogP contribution is -2.12. The fraction of sp³-hybridized carbons (Fsp3) is 0. The summed E-state index contributed by atoms with van der Waals surface area (Å²) in [4.78, 5) is 15.6. The van der Waals surface area contributed by atoms with Crippen molar-refractivity contribution >= 4 is 153 Å². The van der Waals surface area contributed by atoms with Crippen molar-refractivity contribution in [3.05, 3.63) is 206 Å². The molecule has 0 atom stereocenters. The predicted molar refractivity (Wildman–Crippen MR) is 284 cm³/mol. The van der Waals surface area contributed by atoms with Gasteiger partial charge < -0.3 is 8.83 Å². The number of nitrogens with zero attached hydrogens (tertiary/aromatic N) is 6. The van der Waals surface area contributed by atoms with Gasteiger partial charge in [-0.1, -0.05) is 97.1 Å². The van der Waals surface area contributed by atoms with Crippen LogP contribution in [0.4, 0.5) is 34.4 Å². The first kappa shape index (κ1) is 38.0. The molecule has 9 heteroatoms. The second-order valence-corrected chi connectivity index (χ2v) is 18.6. The van der Waals surface area contributed by atoms with E-state index in [9.17, 15) is 0 Å². The fourth-order valence-corrected chi connectivity index (χ4v) is 11.2. The molecule has 8 nitrogen and oxygen atoms in total. The van der Waals surface area contributed by atoms with Gasteiger partial charge in [-0.05, 0) is 128 Å². The number of aromatic nitrogens is 4. The van der Waals surface area contributed by atoms with Gasteiger partial charge in [0, 0.05) is 51.1 Å². The molecular weight excluding hydrogens is 869 g/mol. The molecule has 0 unspecified atom stereocenters. The summed E-state index contributed by atoms with van der Waals surface area (Å²) in [5, 5.41) is 23.5. The van der Waals surface area contributed by atoms with Crippen LogP contribution in [0.5, 0.6) is 0 Å². The van der Waals surface area contributed by atoms with Gasteiger partial charge in [-0.25, -0.2) is 9.97 Å². The normalized spacial score (nSPS) is 12.1. The van der Waals surface area contributed by atoms with Gasteiger partial charge in [0.1, 0.15) is 38.2 Å². The smallest absolute Gasteiger partial charge is 0.161 e. The van der Waals surface area contributed by atoms with E-state index in [-0.39, 0.29) is 0 Å². The van der Waals surface area contributed by atoms with E-state index in [4.69, 9.17) is 29.0 Å². The monoisotopic (exact) mass is 902 g/mol. The lowest BCUT2D eigenvalue weighted by molar-refractivity contribution is 0.668. The van der Waals surface area contributed by atoms with Crippen LogP contribution in [-0.4, -0.2) is 20.2 Å². The number of furan rings is 2. The van der Waals surface area contributed by atoms with Crippen LogP contribution in [0, 0.1) is 0 Å². The van der Waals surface area contributed by atoms with Crippen molar-refractivity contribution in [3.8, 4) is 0 Å². The molecule has 5 aromatic heterocycles. The summed E-state index contributed by atoms with van der Waals surface area (Å²) in [6, 6.07) is 70.2. The molecule has 0 N–H and O–H groups in total. The van der Waals surface area contributed by atoms with Crippen molar-refractivity contribution in [2.75, 3.05) is 9.80 Å². The van der Waals surface area contributed by atoms with Crippen molar-refractivity contribution < 1.29 is 8.83 Å². The van der Waals surface area contributed by atoms with E-state index in [2.05, 4.69) is 174 Å². The molecule has 0 amide bonds. The zero-order chi connectivity index (χ0) is 45.2. The first-order valence-electron chi connectivity index (χ1n) is 22.8. The van der Waals surface area contributed by atoms with Gasteiger partial charge in [-0.3, -0.25) is 9.80 Å². The quantitative estimate of drug-likeness (QED) is 0.153. The minimum absolute atomic E-state index is 0.661. The second-order valence-electron chi connectivity index (χ2n) is 17.6. The third kappa shape index (κ3) is 6.07. The van der Waals surface area contributed by atoms with Crippen LogP contribution in [0.25, 0.3) is 108 Å². The minimum atomic E-state index is 0.661. The highest BCUT2D eigenvalue weighted by atomic mass is 32.1. The Balaban J connectivity index is 0.887. The van der Waals surface area contributed by atoms with Crippen LogP contribution >= 0.6 is 11.3 Å². The number of fused-ring (bicyclic) bond motifs is 13. The van der Waals surface area contributed by atoms with E-state index >= 15 is 0 Å². The molecule has 10 aromatic carbocycles. The maximum absolute atomic E-state index is 6.43. The summed E-state index contributed by atoms with van der Waals surface area (Å²) in [7, 11) is 0. The summed E-state index contributed by atoms with van der Waals surface area (Å²) in [6.07, 6.45) is 1.84. The molecular formula is C60H34N6O2S. The SMILES string of the molecule is c1ccc2cc3cc(N(c4ccc5c(c4)oc4ccccc45)c4cc5sc6nc(N(c7ccc8cc9ccccc9cc8c7)c7ccc8c(c7)oc7ccccc78)cnc6c5nn4)ccc3cc2c1. The number of para-hydroxylation sites is 2. The van der Waals surface area contributed by atoms with Crippen LogP contribution in [0.3, 0.4) is 0 Å². The third-order valence-electron chi connectivity index (χ3n) is 13.5. The van der Waals surface area contributed by atoms with E-state index in [1.807, 2.05) is 42.6 Å². The summed E-state index contributed by atoms with van der Waals surface area (Å²) < 4.78 is 13.8. The topological polar surface area (TPSA) is 84.3 Å². The molecule has 0 saturated carbocycles. The highest BCUT2D eigenvalue weighted by Crippen LogP contribution is 2.44. The van der Waals surface area contributed by atoms with Crippen LogP contribution < -0.4 is 9.80 Å². The van der Waals surface area contributed by atoms with Crippen molar-refractivity contribution in [2.24, 2.45) is 0 Å². The molecule has 0 radical (unpaired) electrons. The molecule has 322 valence electrons. The Kier molecular flexibility index (Phi) is 8.07. The Labute approximate surface area is 396 Å². The lowest BCUT2D eigenvalue weighted by atomic mass is 10.0. The second kappa shape index (κ2) is 14.7. The Morgan fingerprint density at radius 3 is 1.36 bits per heavy atom. The predicted octanol–water partition coefficient (Wildman–Crippen LogP) is 17.0. The maximum atomic E-state index is 6.43. The molecule has 0 aliphatic carbocycles. The van der Waals surface area contributed by atoms with Crippen LogP contribution in [0.1, 0.15) is 0 Å². The minimum Gasteiger partial charge on any atom is -0.456 e. The average Bonchev–Trinajstić information content (AvgIpc) is 4.08. The Hall–Kier alpha value is -9.18. The first-order chi connectivity index (χ1) is 34.1. The molecule has 0 fully saturated rings. The molecule has 15 aromatic rings. The van der Waals surface area contributed by atoms with Gasteiger partial charge in [-0.2, -0.15) is 0 Å². The highest BCUT2D eigenvalue weighted by Gasteiger charge is 2.23. The van der Waals surface area contributed by atoms with Crippen molar-refractivity contribution in [3.63, 3.8) is 0 Å². The standard InChI is InChI=1S/C60H34N6O2S/c1-3-11-37-27-41-29-43(19-17-39(41)25-35(37)9-1)65(45-21-23-49-47-13-5-7-15-51(47)67-53(49)31-45)56-33-55-58(64-63-56)59-60(69-55)62-57(34-61-59)66(46-22-24-50-48-14-6-8-16-52(48)68-54(50)32-46)44-20-18-40-26-36-10-2-4-12-38(36)28-42(40)30-44/h1-34H. The summed E-state index contributed by atoms with van der Waals surface area (Å²) in [5.41, 5.74) is 8.39. The molecule has 0 spiro atoms. The molecule has 15 rings (SSSR count). The largest absolute Gasteiger partial charge is 0.456 e. The van der Waals surface area contributed by atoms with Gasteiger partial charge in [0.2, 0.25) is 0 Å². The Morgan fingerprint density at radius 2 is 0.797 bits per heavy atom. The van der Waals surface area contributed by atoms with E-state index in [1.165, 1.54) is 21.5 Å². The zero-order valence-corrected chi connectivity index (χ0v) is 37.4. The lowest BCUT2D eigenvalue weighted by Gasteiger charge is -2.24. The van der Waals surface area contributed by atoms with Crippen LogP contribution in [0.2, 0.25) is 0 Å². The van der Waals surface area contributed by atoms with Crippen LogP contribution in [-0.2, 0) is 0 Å². The van der Waals surface area contributed by atoms with Gasteiger partial charge in [-0.15, -0.1) is 21.5 Å². The summed E-state index contributed by atoms with van der Waals surface area (Å²) in [5.74, 6) is 1.33. The van der Waals surface area contributed by atoms with Crippen molar-refractivity contribution in [1.29, 1.82) is 0 Å². The Bertz CT molecular complexity index is 4320. The van der Waals surface area contributed by atoms with E-state index in [0.717, 1.165) is 97.7 Å². The first-order valence-corrected chi connectivity index (χ1v) is 23.6. The molecule has 0 saturated heterocycles. The molecule has 0 aliphatic rings. The number of thiophene rings is 1. The van der Waals surface area contributed by atoms with E-state index in [1.54, 1.807) is 11.3 Å². The van der Waals surface area contributed by atoms with E-state index in [0.29, 0.717) is 22.7 Å². The summed E-state index contributed by atoms with van der Waals surface area (Å²) in [6.45, 7) is 0. The fourth-order valence-electron chi connectivity index (χ4n) is 10.2. The average molecular weight is 903 g/mol. The van der Waals surface area contributed by atoms with Gasteiger partial charge in [0.05, 0.1) is 22.3 Å². The number of hydrogen-bond donors (Lipinski definition) is 0. The summed E-state index contributed by atoms with van der Waals surface area (Å²) >= 11 is 1.56. The van der Waals surface area contributed by atoms with Crippen molar-refractivity contribution in [1.82, 2.24) is 20.2 Å². The Morgan fingerprint density at radius 1 is 0.348 bits per heavy atom. The molecule has 69 heavy (non-hydrogen) atoms. The molecule has 5 heterocycles. The molecule has 0 aliphatic heterocycles.